The maximum atomic E-state index is 11.1. The Hall–Kier alpha value is -1.41. The number of anilines is 1. The summed E-state index contributed by atoms with van der Waals surface area (Å²) < 4.78 is 0. The molecule has 0 saturated carbocycles. The second-order valence-corrected chi connectivity index (χ2v) is 5.58. The van der Waals surface area contributed by atoms with Gasteiger partial charge in [-0.2, -0.15) is 4.98 Å². The van der Waals surface area contributed by atoms with Gasteiger partial charge in [0, 0.05) is 18.9 Å². The van der Waals surface area contributed by atoms with E-state index in [1.807, 2.05) is 13.8 Å². The summed E-state index contributed by atoms with van der Waals surface area (Å²) >= 11 is 1.28. The average molecular weight is 300 g/mol. The Balaban J connectivity index is 3.01. The fourth-order valence-corrected chi connectivity index (χ4v) is 2.50. The van der Waals surface area contributed by atoms with Gasteiger partial charge in [-0.3, -0.25) is 10.1 Å². The molecule has 0 amide bonds. The average Bonchev–Trinajstić information content (AvgIpc) is 2.41. The van der Waals surface area contributed by atoms with Crippen molar-refractivity contribution in [1.82, 2.24) is 9.97 Å². The van der Waals surface area contributed by atoms with Crippen LogP contribution in [0.4, 0.5) is 11.6 Å². The molecule has 0 aliphatic rings. The van der Waals surface area contributed by atoms with E-state index in [0.29, 0.717) is 29.0 Å². The molecule has 8 heteroatoms. The number of aliphatic hydroxyl groups excluding tert-OH is 1. The van der Waals surface area contributed by atoms with Crippen LogP contribution < -0.4 is 5.32 Å². The van der Waals surface area contributed by atoms with Gasteiger partial charge >= 0.3 is 5.69 Å². The van der Waals surface area contributed by atoms with Crippen molar-refractivity contribution in [2.45, 2.75) is 32.2 Å². The van der Waals surface area contributed by atoms with E-state index in [4.69, 9.17) is 5.11 Å². The molecule has 0 fully saturated rings. The van der Waals surface area contributed by atoms with Gasteiger partial charge < -0.3 is 10.4 Å². The van der Waals surface area contributed by atoms with Crippen molar-refractivity contribution in [3.8, 4) is 0 Å². The van der Waals surface area contributed by atoms with Gasteiger partial charge in [0.2, 0.25) is 5.95 Å². The molecule has 1 rings (SSSR count). The monoisotopic (exact) mass is 300 g/mol. The zero-order valence-electron chi connectivity index (χ0n) is 11.9. The summed E-state index contributed by atoms with van der Waals surface area (Å²) in [4.78, 5) is 19.0. The molecule has 0 aromatic carbocycles. The standard InChI is InChI=1S/C12H20N4O3S/c1-4-5-13-12-14-9(3)10(16(18)19)11(15-12)20-7-8(2)6-17/h8,17H,4-7H2,1-3H3,(H,13,14,15). The van der Waals surface area contributed by atoms with Gasteiger partial charge in [-0.15, -0.1) is 0 Å². The Morgan fingerprint density at radius 3 is 2.75 bits per heavy atom. The summed E-state index contributed by atoms with van der Waals surface area (Å²) in [5.74, 6) is 1.04. The number of aliphatic hydroxyl groups is 1. The predicted octanol–water partition coefficient (Wildman–Crippen LogP) is 2.24. The molecule has 0 radical (unpaired) electrons. The molecule has 20 heavy (non-hydrogen) atoms. The molecule has 0 aliphatic heterocycles. The predicted molar refractivity (Wildman–Crippen MR) is 79.2 cm³/mol. The number of rotatable bonds is 8. The summed E-state index contributed by atoms with van der Waals surface area (Å²) in [6.07, 6.45) is 0.920. The number of nitrogens with zero attached hydrogens (tertiary/aromatic N) is 3. The molecule has 2 N–H and O–H groups in total. The minimum Gasteiger partial charge on any atom is -0.396 e. The molecule has 1 aromatic heterocycles. The number of nitrogens with one attached hydrogen (secondary N) is 1. The highest BCUT2D eigenvalue weighted by Gasteiger charge is 2.22. The maximum Gasteiger partial charge on any atom is 0.322 e. The minimum atomic E-state index is -0.453. The van der Waals surface area contributed by atoms with Crippen LogP contribution in [0.2, 0.25) is 0 Å². The Morgan fingerprint density at radius 2 is 2.20 bits per heavy atom. The molecular weight excluding hydrogens is 280 g/mol. The van der Waals surface area contributed by atoms with Gasteiger partial charge in [0.05, 0.1) is 4.92 Å². The van der Waals surface area contributed by atoms with Gasteiger partial charge in [-0.1, -0.05) is 25.6 Å². The number of hydrogen-bond donors (Lipinski definition) is 2. The zero-order chi connectivity index (χ0) is 15.1. The molecule has 7 nitrogen and oxygen atoms in total. The van der Waals surface area contributed by atoms with Crippen LogP contribution in [-0.4, -0.2) is 38.9 Å². The van der Waals surface area contributed by atoms with Crippen LogP contribution in [0.25, 0.3) is 0 Å². The lowest BCUT2D eigenvalue weighted by Gasteiger charge is -2.10. The largest absolute Gasteiger partial charge is 0.396 e. The molecule has 1 atom stereocenters. The lowest BCUT2D eigenvalue weighted by Crippen LogP contribution is -2.09. The fourth-order valence-electron chi connectivity index (χ4n) is 1.44. The molecule has 1 heterocycles. The molecule has 0 saturated heterocycles. The van der Waals surface area contributed by atoms with Crippen LogP contribution in [0.15, 0.2) is 5.03 Å². The van der Waals surface area contributed by atoms with Gasteiger partial charge in [-0.25, -0.2) is 4.98 Å². The summed E-state index contributed by atoms with van der Waals surface area (Å²) in [5.41, 5.74) is 0.296. The van der Waals surface area contributed by atoms with E-state index in [2.05, 4.69) is 15.3 Å². The molecule has 0 bridgehead atoms. The first-order chi connectivity index (χ1) is 9.49. The van der Waals surface area contributed by atoms with Crippen molar-refractivity contribution < 1.29 is 10.0 Å². The first kappa shape index (κ1) is 16.6. The first-order valence-electron chi connectivity index (χ1n) is 6.50. The van der Waals surface area contributed by atoms with Crippen molar-refractivity contribution >= 4 is 23.4 Å². The van der Waals surface area contributed by atoms with Crippen molar-refractivity contribution in [2.24, 2.45) is 5.92 Å². The van der Waals surface area contributed by atoms with Gasteiger partial charge in [-0.05, 0) is 19.3 Å². The number of aromatic nitrogens is 2. The second-order valence-electron chi connectivity index (χ2n) is 4.57. The topological polar surface area (TPSA) is 101 Å². The third-order valence-corrected chi connectivity index (χ3v) is 3.85. The van der Waals surface area contributed by atoms with Crippen LogP contribution in [-0.2, 0) is 0 Å². The summed E-state index contributed by atoms with van der Waals surface area (Å²) in [6, 6.07) is 0. The second kappa shape index (κ2) is 8.01. The highest BCUT2D eigenvalue weighted by molar-refractivity contribution is 7.99. The van der Waals surface area contributed by atoms with E-state index in [-0.39, 0.29) is 18.2 Å². The molecule has 112 valence electrons. The van der Waals surface area contributed by atoms with Crippen molar-refractivity contribution in [3.05, 3.63) is 15.8 Å². The Bertz CT molecular complexity index is 470. The Kier molecular flexibility index (Phi) is 6.66. The fraction of sp³-hybridized carbons (Fsp3) is 0.667. The van der Waals surface area contributed by atoms with Gasteiger partial charge in [0.1, 0.15) is 5.69 Å². The van der Waals surface area contributed by atoms with Crippen LogP contribution in [0, 0.1) is 23.0 Å². The first-order valence-corrected chi connectivity index (χ1v) is 7.48. The number of hydrogen-bond acceptors (Lipinski definition) is 7. The van der Waals surface area contributed by atoms with E-state index < -0.39 is 4.92 Å². The highest BCUT2D eigenvalue weighted by Crippen LogP contribution is 2.31. The van der Waals surface area contributed by atoms with Crippen molar-refractivity contribution in [3.63, 3.8) is 0 Å². The van der Waals surface area contributed by atoms with E-state index in [1.54, 1.807) is 6.92 Å². The lowest BCUT2D eigenvalue weighted by molar-refractivity contribution is -0.389. The summed E-state index contributed by atoms with van der Waals surface area (Å²) in [7, 11) is 0. The van der Waals surface area contributed by atoms with Crippen molar-refractivity contribution in [2.75, 3.05) is 24.2 Å². The molecule has 0 spiro atoms. The van der Waals surface area contributed by atoms with Crippen molar-refractivity contribution in [1.29, 1.82) is 0 Å². The maximum absolute atomic E-state index is 11.1. The van der Waals surface area contributed by atoms with Crippen LogP contribution in [0.3, 0.4) is 0 Å². The molecule has 1 aromatic rings. The highest BCUT2D eigenvalue weighted by atomic mass is 32.2. The number of thioether (sulfide) groups is 1. The van der Waals surface area contributed by atoms with Crippen LogP contribution in [0.1, 0.15) is 26.0 Å². The molecule has 0 aliphatic carbocycles. The SMILES string of the molecule is CCCNc1nc(C)c([N+](=O)[O-])c(SCC(C)CO)n1. The Labute approximate surface area is 122 Å². The summed E-state index contributed by atoms with van der Waals surface area (Å²) in [6.45, 7) is 6.27. The molecule has 1 unspecified atom stereocenters. The Morgan fingerprint density at radius 1 is 1.50 bits per heavy atom. The van der Waals surface area contributed by atoms with Crippen LogP contribution in [0.5, 0.6) is 0 Å². The third-order valence-electron chi connectivity index (χ3n) is 2.56. The van der Waals surface area contributed by atoms with E-state index in [1.165, 1.54) is 11.8 Å². The van der Waals surface area contributed by atoms with E-state index >= 15 is 0 Å². The van der Waals surface area contributed by atoms with Gasteiger partial charge in [0.15, 0.2) is 5.03 Å². The zero-order valence-corrected chi connectivity index (χ0v) is 12.7. The van der Waals surface area contributed by atoms with Crippen LogP contribution >= 0.6 is 11.8 Å². The minimum absolute atomic E-state index is 0.0474. The normalized spacial score (nSPS) is 12.2. The summed E-state index contributed by atoms with van der Waals surface area (Å²) in [5, 5.41) is 23.5. The third kappa shape index (κ3) is 4.61. The number of aryl methyl sites for hydroxylation is 1. The smallest absolute Gasteiger partial charge is 0.322 e. The quantitative estimate of drug-likeness (QED) is 0.328. The van der Waals surface area contributed by atoms with E-state index in [9.17, 15) is 10.1 Å². The van der Waals surface area contributed by atoms with E-state index in [0.717, 1.165) is 6.42 Å². The lowest BCUT2D eigenvalue weighted by atomic mass is 10.2. The molecular formula is C12H20N4O3S. The van der Waals surface area contributed by atoms with Gasteiger partial charge in [0.25, 0.3) is 0 Å². The number of nitro groups is 1.